The molecule has 3 heterocycles. The first-order valence-electron chi connectivity index (χ1n) is 18.1. The highest BCUT2D eigenvalue weighted by molar-refractivity contribution is 8.32. The Morgan fingerprint density at radius 3 is 2.53 bits per heavy atom. The van der Waals surface area contributed by atoms with Gasteiger partial charge in [-0.05, 0) is 97.4 Å². The van der Waals surface area contributed by atoms with E-state index in [-0.39, 0.29) is 24.9 Å². The summed E-state index contributed by atoms with van der Waals surface area (Å²) in [6, 6.07) is 14.0. The van der Waals surface area contributed by atoms with Crippen LogP contribution in [-0.4, -0.2) is 85.2 Å². The van der Waals surface area contributed by atoms with Crippen molar-refractivity contribution in [2.75, 3.05) is 44.8 Å². The lowest BCUT2D eigenvalue weighted by atomic mass is 10.0. The first kappa shape index (κ1) is 40.6. The standard InChI is InChI=1S/C41H49ClFN5O5S2/c1-46-31(11-9-26-18-27-20-29(43)10-12-32(27)36(50)19-26)21-30(45-46)24-54-23-28-22-44-47(2)38(28)37-35(42)14-13-34-33(8-7-15-49)40(41(51)52-3)48(39(34)37)25-53-16-17-55(4,5)6/h10,12-14,18-22,49-50H,7-9,11,15-17,23-25H2,1-6H3. The first-order valence-corrected chi connectivity index (χ1v) is 22.6. The van der Waals surface area contributed by atoms with Gasteiger partial charge in [0.15, 0.2) is 0 Å². The average molecular weight is 810 g/mol. The van der Waals surface area contributed by atoms with Crippen molar-refractivity contribution in [3.8, 4) is 17.0 Å². The second-order valence-electron chi connectivity index (χ2n) is 14.6. The number of esters is 1. The quantitative estimate of drug-likeness (QED) is 0.0704. The number of halogens is 2. The Hall–Kier alpha value is -4.01. The molecule has 6 aromatic rings. The largest absolute Gasteiger partial charge is 0.507 e. The van der Waals surface area contributed by atoms with Crippen molar-refractivity contribution in [2.24, 2.45) is 14.1 Å². The van der Waals surface area contributed by atoms with Crippen LogP contribution < -0.4 is 0 Å². The molecule has 0 fully saturated rings. The summed E-state index contributed by atoms with van der Waals surface area (Å²) in [7, 11) is 4.40. The van der Waals surface area contributed by atoms with E-state index in [1.165, 1.54) is 19.2 Å². The predicted octanol–water partition coefficient (Wildman–Crippen LogP) is 8.02. The van der Waals surface area contributed by atoms with Gasteiger partial charge in [0.25, 0.3) is 0 Å². The Morgan fingerprint density at radius 1 is 1.00 bits per heavy atom. The number of ether oxygens (including phenoxy) is 2. The fraction of sp³-hybridized carbons (Fsp3) is 0.390. The summed E-state index contributed by atoms with van der Waals surface area (Å²) in [5.41, 5.74) is 7.44. The molecule has 294 valence electrons. The lowest BCUT2D eigenvalue weighted by molar-refractivity contribution is 0.0546. The molecule has 0 bridgehead atoms. The number of thioether (sulfide) groups is 1. The minimum atomic E-state index is -0.788. The summed E-state index contributed by atoms with van der Waals surface area (Å²) < 4.78 is 31.0. The molecular weight excluding hydrogens is 761 g/mol. The number of hydrogen-bond acceptors (Lipinski definition) is 8. The summed E-state index contributed by atoms with van der Waals surface area (Å²) in [6.07, 6.45) is 10.9. The highest BCUT2D eigenvalue weighted by atomic mass is 35.5. The van der Waals surface area contributed by atoms with Gasteiger partial charge in [0.1, 0.15) is 24.0 Å². The summed E-state index contributed by atoms with van der Waals surface area (Å²) in [6.45, 7) is 0.655. The van der Waals surface area contributed by atoms with Crippen LogP contribution in [0.15, 0.2) is 54.7 Å². The molecule has 0 saturated heterocycles. The lowest BCUT2D eigenvalue weighted by Gasteiger charge is -2.25. The molecule has 3 aromatic heterocycles. The maximum atomic E-state index is 13.9. The summed E-state index contributed by atoms with van der Waals surface area (Å²) in [4.78, 5) is 13.4. The molecule has 2 N–H and O–H groups in total. The Bertz CT molecular complexity index is 2330. The van der Waals surface area contributed by atoms with E-state index < -0.39 is 16.0 Å². The highest BCUT2D eigenvalue weighted by Crippen LogP contribution is 2.42. The van der Waals surface area contributed by atoms with Crippen molar-refractivity contribution in [1.82, 2.24) is 24.1 Å². The number of aryl methyl sites for hydroxylation is 5. The molecule has 0 atom stereocenters. The van der Waals surface area contributed by atoms with Gasteiger partial charge in [-0.1, -0.05) is 23.7 Å². The fourth-order valence-electron chi connectivity index (χ4n) is 7.00. The third-order valence-electron chi connectivity index (χ3n) is 9.71. The molecule has 55 heavy (non-hydrogen) atoms. The van der Waals surface area contributed by atoms with Crippen molar-refractivity contribution in [2.45, 2.75) is 43.9 Å². The Morgan fingerprint density at radius 2 is 1.78 bits per heavy atom. The smallest absolute Gasteiger partial charge is 0.355 e. The second-order valence-corrected chi connectivity index (χ2v) is 20.6. The van der Waals surface area contributed by atoms with Gasteiger partial charge in [0.05, 0.1) is 41.8 Å². The predicted molar refractivity (Wildman–Crippen MR) is 223 cm³/mol. The van der Waals surface area contributed by atoms with Crippen molar-refractivity contribution in [1.29, 1.82) is 0 Å². The number of benzene rings is 3. The molecule has 0 spiro atoms. The molecule has 0 saturated carbocycles. The number of aliphatic hydroxyl groups is 1. The molecular formula is C41H49ClFN5O5S2. The molecule has 0 amide bonds. The zero-order chi connectivity index (χ0) is 39.4. The van der Waals surface area contributed by atoms with Crippen molar-refractivity contribution >= 4 is 61.0 Å². The first-order chi connectivity index (χ1) is 26.3. The van der Waals surface area contributed by atoms with E-state index in [1.807, 2.05) is 52.4 Å². The maximum absolute atomic E-state index is 13.9. The number of aromatic hydroxyl groups is 1. The number of hydrogen-bond donors (Lipinski definition) is 2. The normalized spacial score (nSPS) is 12.3. The van der Waals surface area contributed by atoms with E-state index in [0.29, 0.717) is 65.3 Å². The zero-order valence-corrected chi connectivity index (χ0v) is 34.6. The number of phenols is 1. The van der Waals surface area contributed by atoms with Gasteiger partial charge < -0.3 is 24.3 Å². The van der Waals surface area contributed by atoms with Gasteiger partial charge in [0.2, 0.25) is 0 Å². The number of aliphatic hydroxyl groups excluding tert-OH is 1. The molecule has 0 aliphatic rings. The van der Waals surface area contributed by atoms with Gasteiger partial charge in [-0.3, -0.25) is 9.36 Å². The third kappa shape index (κ3) is 9.18. The number of fused-ring (bicyclic) bond motifs is 2. The van der Waals surface area contributed by atoms with E-state index in [2.05, 4.69) is 29.9 Å². The number of rotatable bonds is 17. The molecule has 0 aliphatic heterocycles. The maximum Gasteiger partial charge on any atom is 0.355 e. The van der Waals surface area contributed by atoms with E-state index in [1.54, 1.807) is 23.9 Å². The minimum absolute atomic E-state index is 0.0171. The SMILES string of the molecule is COC(=O)c1c(CCCO)c2ccc(Cl)c(-c3c(CSCc4cc(CCc5cc(O)c6ccc(F)cc6c5)n(C)n4)cnn3C)c2n1COCCS(C)(C)C. The van der Waals surface area contributed by atoms with Crippen LogP contribution in [0.3, 0.4) is 0 Å². The van der Waals surface area contributed by atoms with Crippen LogP contribution in [0.25, 0.3) is 32.9 Å². The topological polar surface area (TPSA) is 117 Å². The third-order valence-corrected chi connectivity index (χ3v) is 12.4. The number of carbonyl (C=O) groups is 1. The van der Waals surface area contributed by atoms with Crippen LogP contribution in [0.4, 0.5) is 4.39 Å². The summed E-state index contributed by atoms with van der Waals surface area (Å²) in [5, 5.41) is 32.4. The zero-order valence-electron chi connectivity index (χ0n) is 32.2. The molecule has 0 aliphatic carbocycles. The Labute approximate surface area is 331 Å². The number of nitrogens with zero attached hydrogens (tertiary/aromatic N) is 5. The van der Waals surface area contributed by atoms with Crippen LogP contribution in [0.2, 0.25) is 5.02 Å². The van der Waals surface area contributed by atoms with E-state index >= 15 is 0 Å². The van der Waals surface area contributed by atoms with Gasteiger partial charge in [-0.25, -0.2) is 19.2 Å². The molecule has 0 unspecified atom stereocenters. The van der Waals surface area contributed by atoms with E-state index in [9.17, 15) is 19.4 Å². The van der Waals surface area contributed by atoms with Crippen LogP contribution in [0.5, 0.6) is 5.75 Å². The Balaban J connectivity index is 1.25. The van der Waals surface area contributed by atoms with Crippen LogP contribution in [0, 0.1) is 5.82 Å². The lowest BCUT2D eigenvalue weighted by Crippen LogP contribution is -2.16. The summed E-state index contributed by atoms with van der Waals surface area (Å²) >= 11 is 8.79. The molecule has 0 radical (unpaired) electrons. The number of phenolic OH excluding ortho intramolecular Hbond substituents is 1. The van der Waals surface area contributed by atoms with E-state index in [4.69, 9.17) is 26.2 Å². The number of aromatic nitrogens is 5. The Kier molecular flexibility index (Phi) is 12.9. The van der Waals surface area contributed by atoms with Crippen molar-refractivity contribution in [3.05, 3.63) is 99.3 Å². The molecule has 14 heteroatoms. The minimum Gasteiger partial charge on any atom is -0.507 e. The van der Waals surface area contributed by atoms with E-state index in [0.717, 1.165) is 56.0 Å². The van der Waals surface area contributed by atoms with Gasteiger partial charge in [-0.15, -0.1) is 0 Å². The molecule has 6 rings (SSSR count). The van der Waals surface area contributed by atoms with Gasteiger partial charge in [0, 0.05) is 65.6 Å². The van der Waals surface area contributed by atoms with Crippen molar-refractivity contribution < 1.29 is 28.9 Å². The highest BCUT2D eigenvalue weighted by Gasteiger charge is 2.28. The number of methoxy groups -OCH3 is 1. The molecule has 3 aromatic carbocycles. The second kappa shape index (κ2) is 17.4. The van der Waals surface area contributed by atoms with Crippen LogP contribution >= 0.6 is 33.4 Å². The monoisotopic (exact) mass is 809 g/mol. The fourth-order valence-corrected chi connectivity index (χ4v) is 8.74. The summed E-state index contributed by atoms with van der Waals surface area (Å²) in [5.74, 6) is 1.54. The van der Waals surface area contributed by atoms with Crippen LogP contribution in [0.1, 0.15) is 45.0 Å². The van der Waals surface area contributed by atoms with Gasteiger partial charge >= 0.3 is 5.97 Å². The molecule has 10 nitrogen and oxygen atoms in total. The average Bonchev–Trinajstić information content (AvgIpc) is 3.79. The van der Waals surface area contributed by atoms with Gasteiger partial charge in [-0.2, -0.15) is 22.0 Å². The van der Waals surface area contributed by atoms with Crippen molar-refractivity contribution in [3.63, 3.8) is 0 Å². The van der Waals surface area contributed by atoms with Crippen LogP contribution in [-0.2, 0) is 61.1 Å². The number of carbonyl (C=O) groups excluding carboxylic acids is 1.